The maximum atomic E-state index is 12.0. The van der Waals surface area contributed by atoms with Gasteiger partial charge >= 0.3 is 5.97 Å². The third-order valence-electron chi connectivity index (χ3n) is 2.33. The Morgan fingerprint density at radius 1 is 1.21 bits per heavy atom. The van der Waals surface area contributed by atoms with Crippen LogP contribution in [0.2, 0.25) is 0 Å². The molecule has 0 saturated carbocycles. The molecule has 0 saturated heterocycles. The van der Waals surface area contributed by atoms with E-state index in [2.05, 4.69) is 13.0 Å². The summed E-state index contributed by atoms with van der Waals surface area (Å²) >= 11 is 3.08. The highest BCUT2D eigenvalue weighted by Gasteiger charge is 2.22. The zero-order chi connectivity index (χ0) is 14.2. The van der Waals surface area contributed by atoms with Crippen LogP contribution in [0.15, 0.2) is 18.2 Å². The molecule has 0 amide bonds. The Balaban J connectivity index is 2.29. The van der Waals surface area contributed by atoms with Gasteiger partial charge in [-0.15, -0.1) is 22.7 Å². The molecule has 2 aromatic heterocycles. The first-order chi connectivity index (χ1) is 8.76. The molecule has 2 heterocycles. The highest BCUT2D eigenvalue weighted by atomic mass is 32.1. The van der Waals surface area contributed by atoms with Gasteiger partial charge in [0, 0.05) is 14.6 Å². The molecule has 2 aromatic rings. The van der Waals surface area contributed by atoms with Gasteiger partial charge in [-0.05, 0) is 45.9 Å². The fourth-order valence-electron chi connectivity index (χ4n) is 1.58. The predicted molar refractivity (Wildman–Crippen MR) is 81.9 cm³/mol. The Bertz CT molecular complexity index is 605. The van der Waals surface area contributed by atoms with Crippen LogP contribution in [0.1, 0.15) is 35.3 Å². The van der Waals surface area contributed by atoms with Crippen LogP contribution in [0.25, 0.3) is 9.75 Å². The van der Waals surface area contributed by atoms with Crippen molar-refractivity contribution >= 4 is 34.3 Å². The Morgan fingerprint density at radius 2 is 1.89 bits per heavy atom. The van der Waals surface area contributed by atoms with Crippen molar-refractivity contribution in [2.45, 2.75) is 33.3 Å². The van der Waals surface area contributed by atoms with Gasteiger partial charge < -0.3 is 10.5 Å². The zero-order valence-corrected chi connectivity index (χ0v) is 13.1. The van der Waals surface area contributed by atoms with Gasteiger partial charge in [0.15, 0.2) is 0 Å². The van der Waals surface area contributed by atoms with E-state index in [-0.39, 0.29) is 5.97 Å². The van der Waals surface area contributed by atoms with Gasteiger partial charge in [-0.25, -0.2) is 4.79 Å². The summed E-state index contributed by atoms with van der Waals surface area (Å²) in [6.45, 7) is 7.59. The molecule has 0 aliphatic rings. The first-order valence-corrected chi connectivity index (χ1v) is 7.59. The topological polar surface area (TPSA) is 52.3 Å². The monoisotopic (exact) mass is 295 g/mol. The van der Waals surface area contributed by atoms with Gasteiger partial charge in [0.25, 0.3) is 0 Å². The molecular weight excluding hydrogens is 278 g/mol. The highest BCUT2D eigenvalue weighted by Crippen LogP contribution is 2.37. The fourth-order valence-corrected chi connectivity index (χ4v) is 3.48. The van der Waals surface area contributed by atoms with E-state index in [1.807, 2.05) is 32.9 Å². The molecule has 3 nitrogen and oxygen atoms in total. The predicted octanol–water partition coefficient (Wildman–Crippen LogP) is 4.32. The van der Waals surface area contributed by atoms with E-state index >= 15 is 0 Å². The van der Waals surface area contributed by atoms with Crippen LogP contribution in [-0.4, -0.2) is 11.6 Å². The summed E-state index contributed by atoms with van der Waals surface area (Å²) in [4.78, 5) is 15.9. The SMILES string of the molecule is Cc1ccc(-c2cc(N)c(C(=O)OC(C)(C)C)s2)s1. The summed E-state index contributed by atoms with van der Waals surface area (Å²) in [7, 11) is 0. The van der Waals surface area contributed by atoms with Crippen molar-refractivity contribution in [3.8, 4) is 9.75 Å². The van der Waals surface area contributed by atoms with Crippen LogP contribution in [0.4, 0.5) is 5.69 Å². The summed E-state index contributed by atoms with van der Waals surface area (Å²) in [5.41, 5.74) is 5.90. The maximum absolute atomic E-state index is 12.0. The normalized spacial score (nSPS) is 11.6. The first kappa shape index (κ1) is 14.1. The number of ether oxygens (including phenoxy) is 1. The van der Waals surface area contributed by atoms with Crippen LogP contribution < -0.4 is 5.73 Å². The second-order valence-electron chi connectivity index (χ2n) is 5.31. The number of esters is 1. The summed E-state index contributed by atoms with van der Waals surface area (Å²) in [6.07, 6.45) is 0. The van der Waals surface area contributed by atoms with E-state index in [4.69, 9.17) is 10.5 Å². The second kappa shape index (κ2) is 4.98. The number of thiophene rings is 2. The number of anilines is 1. The fraction of sp³-hybridized carbons (Fsp3) is 0.357. The lowest BCUT2D eigenvalue weighted by Gasteiger charge is -2.18. The zero-order valence-electron chi connectivity index (χ0n) is 11.4. The van der Waals surface area contributed by atoms with Crippen LogP contribution in [0.5, 0.6) is 0 Å². The molecule has 0 aliphatic heterocycles. The van der Waals surface area contributed by atoms with Gasteiger partial charge in [-0.3, -0.25) is 0 Å². The van der Waals surface area contributed by atoms with Crippen molar-refractivity contribution in [2.75, 3.05) is 5.73 Å². The lowest BCUT2D eigenvalue weighted by atomic mass is 10.2. The number of nitrogen functional groups attached to an aromatic ring is 1. The summed E-state index contributed by atoms with van der Waals surface area (Å²) in [5.74, 6) is -0.352. The van der Waals surface area contributed by atoms with E-state index in [0.29, 0.717) is 10.6 Å². The molecule has 2 rings (SSSR count). The molecule has 0 aliphatic carbocycles. The first-order valence-electron chi connectivity index (χ1n) is 5.96. The molecule has 0 fully saturated rings. The van der Waals surface area contributed by atoms with E-state index < -0.39 is 5.60 Å². The lowest BCUT2D eigenvalue weighted by Crippen LogP contribution is -2.23. The molecule has 0 atom stereocenters. The lowest BCUT2D eigenvalue weighted by molar-refractivity contribution is 0.00764. The van der Waals surface area contributed by atoms with Crippen molar-refractivity contribution < 1.29 is 9.53 Å². The maximum Gasteiger partial charge on any atom is 0.350 e. The number of carbonyl (C=O) groups is 1. The summed E-state index contributed by atoms with van der Waals surface area (Å²) in [5, 5.41) is 0. The van der Waals surface area contributed by atoms with Crippen LogP contribution in [0.3, 0.4) is 0 Å². The Morgan fingerprint density at radius 3 is 2.42 bits per heavy atom. The van der Waals surface area contributed by atoms with Gasteiger partial charge in [0.1, 0.15) is 10.5 Å². The standard InChI is InChI=1S/C14H17NO2S2/c1-8-5-6-10(18-8)11-7-9(15)12(19-11)13(16)17-14(2,3)4/h5-7H,15H2,1-4H3. The van der Waals surface area contributed by atoms with Crippen LogP contribution in [-0.2, 0) is 4.74 Å². The molecule has 2 N–H and O–H groups in total. The van der Waals surface area contributed by atoms with Gasteiger partial charge in [0.2, 0.25) is 0 Å². The van der Waals surface area contributed by atoms with Crippen LogP contribution in [0, 0.1) is 6.92 Å². The smallest absolute Gasteiger partial charge is 0.350 e. The second-order valence-corrected chi connectivity index (χ2v) is 7.65. The third-order valence-corrected chi connectivity index (χ3v) is 4.66. The van der Waals surface area contributed by atoms with Crippen molar-refractivity contribution in [2.24, 2.45) is 0 Å². The quantitative estimate of drug-likeness (QED) is 0.839. The van der Waals surface area contributed by atoms with Crippen molar-refractivity contribution in [3.05, 3.63) is 28.0 Å². The van der Waals surface area contributed by atoms with Gasteiger partial charge in [0.05, 0.1) is 5.69 Å². The molecule has 19 heavy (non-hydrogen) atoms. The molecule has 102 valence electrons. The average Bonchev–Trinajstić information content (AvgIpc) is 2.82. The van der Waals surface area contributed by atoms with Crippen molar-refractivity contribution in [3.63, 3.8) is 0 Å². The number of hydrogen-bond acceptors (Lipinski definition) is 5. The van der Waals surface area contributed by atoms with E-state index in [1.54, 1.807) is 11.3 Å². The molecule has 0 spiro atoms. The number of aryl methyl sites for hydroxylation is 1. The Hall–Kier alpha value is -1.33. The minimum atomic E-state index is -0.507. The van der Waals surface area contributed by atoms with Gasteiger partial charge in [-0.1, -0.05) is 0 Å². The minimum absolute atomic E-state index is 0.352. The average molecular weight is 295 g/mol. The summed E-state index contributed by atoms with van der Waals surface area (Å²) < 4.78 is 5.35. The van der Waals surface area contributed by atoms with Crippen molar-refractivity contribution in [1.29, 1.82) is 0 Å². The largest absolute Gasteiger partial charge is 0.456 e. The van der Waals surface area contributed by atoms with E-state index in [0.717, 1.165) is 9.75 Å². The Kier molecular flexibility index (Phi) is 3.69. The molecule has 0 radical (unpaired) electrons. The van der Waals surface area contributed by atoms with E-state index in [9.17, 15) is 4.79 Å². The summed E-state index contributed by atoms with van der Waals surface area (Å²) in [6, 6.07) is 5.95. The molecule has 0 aromatic carbocycles. The van der Waals surface area contributed by atoms with Crippen LogP contribution >= 0.6 is 22.7 Å². The van der Waals surface area contributed by atoms with Crippen molar-refractivity contribution in [1.82, 2.24) is 0 Å². The Labute approximate surface area is 121 Å². The number of hydrogen-bond donors (Lipinski definition) is 1. The molecule has 0 bridgehead atoms. The highest BCUT2D eigenvalue weighted by molar-refractivity contribution is 7.23. The molecule has 0 unspecified atom stereocenters. The number of nitrogens with two attached hydrogens (primary N) is 1. The third kappa shape index (κ3) is 3.36. The molecule has 5 heteroatoms. The van der Waals surface area contributed by atoms with Gasteiger partial charge in [-0.2, -0.15) is 0 Å². The number of carbonyl (C=O) groups excluding carboxylic acids is 1. The molecular formula is C14H17NO2S2. The number of rotatable bonds is 2. The van der Waals surface area contributed by atoms with E-state index in [1.165, 1.54) is 16.2 Å². The minimum Gasteiger partial charge on any atom is -0.456 e.